The topological polar surface area (TPSA) is 40.1 Å². The number of benzene rings is 1. The smallest absolute Gasteiger partial charge is 0.193 e. The number of aliphatic imine (C=N–C) groups is 1. The lowest BCUT2D eigenvalue weighted by Gasteiger charge is -2.31. The first-order valence-corrected chi connectivity index (χ1v) is 10.5. The van der Waals surface area contributed by atoms with Gasteiger partial charge >= 0.3 is 0 Å². The number of hydrogen-bond donors (Lipinski definition) is 1. The third-order valence-electron chi connectivity index (χ3n) is 5.77. The van der Waals surface area contributed by atoms with Crippen LogP contribution in [0.25, 0.3) is 0 Å². The number of hydrogen-bond acceptors (Lipinski definition) is 3. The molecule has 29 heavy (non-hydrogen) atoms. The van der Waals surface area contributed by atoms with Crippen molar-refractivity contribution in [3.63, 3.8) is 0 Å². The first kappa shape index (κ1) is 24.6. The van der Waals surface area contributed by atoms with E-state index in [0.717, 1.165) is 57.5 Å². The molecule has 2 saturated heterocycles. The molecule has 2 aliphatic heterocycles. The summed E-state index contributed by atoms with van der Waals surface area (Å²) < 4.78 is 18.8. The molecule has 2 heterocycles. The van der Waals surface area contributed by atoms with E-state index >= 15 is 0 Å². The quantitative estimate of drug-likeness (QED) is 0.353. The highest BCUT2D eigenvalue weighted by molar-refractivity contribution is 14.0. The molecular weight excluding hydrogens is 506 g/mol. The zero-order chi connectivity index (χ0) is 20.1. The lowest BCUT2D eigenvalue weighted by Crippen LogP contribution is -2.45. The number of likely N-dealkylation sites (tertiary alicyclic amines) is 1. The molecule has 3 rings (SSSR count). The Morgan fingerprint density at radius 2 is 2.03 bits per heavy atom. The van der Waals surface area contributed by atoms with Crippen LogP contribution in [0.3, 0.4) is 0 Å². The molecule has 5 nitrogen and oxygen atoms in total. The fourth-order valence-corrected chi connectivity index (χ4v) is 4.51. The first-order chi connectivity index (χ1) is 13.4. The summed E-state index contributed by atoms with van der Waals surface area (Å²) in [5, 5.41) is 3.97. The standard InChI is InChI=1S/C21H32ClFN4O.HI/c1-21(2,18-5-4-17(23)12-19(18)22)15-25-20(24-3)27-7-6-16(14-27)13-26-8-10-28-11-9-26;/h4-5,12,16H,6-11,13-15H2,1-3H3,(H,24,25);1H. The molecule has 1 atom stereocenters. The molecule has 1 unspecified atom stereocenters. The summed E-state index contributed by atoms with van der Waals surface area (Å²) in [6.45, 7) is 11.8. The van der Waals surface area contributed by atoms with Crippen LogP contribution in [0.4, 0.5) is 4.39 Å². The second-order valence-corrected chi connectivity index (χ2v) is 8.83. The van der Waals surface area contributed by atoms with Crippen LogP contribution in [0.1, 0.15) is 25.8 Å². The molecule has 1 N–H and O–H groups in total. The molecule has 0 spiro atoms. The molecule has 1 aromatic carbocycles. The van der Waals surface area contributed by atoms with Crippen LogP contribution in [0, 0.1) is 11.7 Å². The van der Waals surface area contributed by atoms with Crippen molar-refractivity contribution >= 4 is 41.5 Å². The van der Waals surface area contributed by atoms with Gasteiger partial charge in [0.05, 0.1) is 13.2 Å². The Balaban J connectivity index is 0.00000300. The van der Waals surface area contributed by atoms with Crippen LogP contribution in [-0.2, 0) is 10.2 Å². The number of rotatable bonds is 5. The minimum atomic E-state index is -0.309. The van der Waals surface area contributed by atoms with Crippen LogP contribution >= 0.6 is 35.6 Å². The Morgan fingerprint density at radius 3 is 2.69 bits per heavy atom. The van der Waals surface area contributed by atoms with Gasteiger partial charge in [-0.15, -0.1) is 24.0 Å². The zero-order valence-corrected chi connectivity index (χ0v) is 20.7. The second-order valence-electron chi connectivity index (χ2n) is 8.42. The number of halogens is 3. The normalized spacial score (nSPS) is 21.2. The van der Waals surface area contributed by atoms with Crippen LogP contribution in [0.5, 0.6) is 0 Å². The van der Waals surface area contributed by atoms with E-state index in [0.29, 0.717) is 17.5 Å². The van der Waals surface area contributed by atoms with Gasteiger partial charge < -0.3 is 15.0 Å². The number of nitrogens with one attached hydrogen (secondary N) is 1. The molecule has 0 saturated carbocycles. The summed E-state index contributed by atoms with van der Waals surface area (Å²) >= 11 is 6.28. The Labute approximate surface area is 196 Å². The summed E-state index contributed by atoms with van der Waals surface area (Å²) in [4.78, 5) is 9.34. The molecule has 0 aliphatic carbocycles. The Kier molecular flexibility index (Phi) is 9.44. The Morgan fingerprint density at radius 1 is 1.31 bits per heavy atom. The van der Waals surface area contributed by atoms with E-state index in [9.17, 15) is 4.39 Å². The fraction of sp³-hybridized carbons (Fsp3) is 0.667. The maximum atomic E-state index is 13.4. The minimum Gasteiger partial charge on any atom is -0.379 e. The van der Waals surface area contributed by atoms with Gasteiger partial charge in [0.25, 0.3) is 0 Å². The lowest BCUT2D eigenvalue weighted by molar-refractivity contribution is 0.0315. The van der Waals surface area contributed by atoms with Crippen molar-refractivity contribution in [2.75, 3.05) is 59.5 Å². The molecule has 2 fully saturated rings. The Bertz CT molecular complexity index is 697. The monoisotopic (exact) mass is 538 g/mol. The average molecular weight is 539 g/mol. The van der Waals surface area contributed by atoms with Gasteiger partial charge in [0.2, 0.25) is 0 Å². The van der Waals surface area contributed by atoms with Gasteiger partial charge in [-0.25, -0.2) is 4.39 Å². The summed E-state index contributed by atoms with van der Waals surface area (Å²) in [5.41, 5.74) is 0.693. The Hall–Kier alpha value is -0.640. The highest BCUT2D eigenvalue weighted by Crippen LogP contribution is 2.30. The second kappa shape index (κ2) is 11.1. The maximum Gasteiger partial charge on any atom is 0.193 e. The largest absolute Gasteiger partial charge is 0.379 e. The maximum absolute atomic E-state index is 13.4. The molecule has 0 amide bonds. The zero-order valence-electron chi connectivity index (χ0n) is 17.6. The van der Waals surface area contributed by atoms with Gasteiger partial charge in [-0.05, 0) is 30.0 Å². The van der Waals surface area contributed by atoms with Crippen LogP contribution < -0.4 is 5.32 Å². The lowest BCUT2D eigenvalue weighted by atomic mass is 9.84. The summed E-state index contributed by atoms with van der Waals surface area (Å²) in [6, 6.07) is 4.62. The van der Waals surface area contributed by atoms with Gasteiger partial charge in [0, 0.05) is 56.8 Å². The summed E-state index contributed by atoms with van der Waals surface area (Å²) in [7, 11) is 1.83. The van der Waals surface area contributed by atoms with Gasteiger partial charge in [-0.1, -0.05) is 31.5 Å². The highest BCUT2D eigenvalue weighted by Gasteiger charge is 2.29. The van der Waals surface area contributed by atoms with Crippen LogP contribution in [0.15, 0.2) is 23.2 Å². The summed E-state index contributed by atoms with van der Waals surface area (Å²) in [5.74, 6) is 1.28. The van der Waals surface area contributed by atoms with E-state index in [2.05, 4.69) is 34.0 Å². The third kappa shape index (κ3) is 6.67. The van der Waals surface area contributed by atoms with Gasteiger partial charge in [-0.3, -0.25) is 9.89 Å². The number of ether oxygens (including phenoxy) is 1. The van der Waals surface area contributed by atoms with Crippen LogP contribution in [0.2, 0.25) is 5.02 Å². The van der Waals surface area contributed by atoms with Gasteiger partial charge in [0.15, 0.2) is 5.96 Å². The SMILES string of the molecule is CN=C(NCC(C)(C)c1ccc(F)cc1Cl)N1CCC(CN2CCOCC2)C1.I. The van der Waals surface area contributed by atoms with E-state index in [1.165, 1.54) is 18.6 Å². The molecule has 8 heteroatoms. The van der Waals surface area contributed by atoms with Crippen molar-refractivity contribution in [1.82, 2.24) is 15.1 Å². The molecular formula is C21H33ClFIN4O. The molecule has 1 aromatic rings. The van der Waals surface area contributed by atoms with Gasteiger partial charge in [0.1, 0.15) is 5.82 Å². The number of nitrogens with zero attached hydrogens (tertiary/aromatic N) is 3. The predicted octanol–water partition coefficient (Wildman–Crippen LogP) is 3.60. The van der Waals surface area contributed by atoms with E-state index in [1.807, 2.05) is 7.05 Å². The molecule has 0 aromatic heterocycles. The molecule has 164 valence electrons. The van der Waals surface area contributed by atoms with E-state index < -0.39 is 0 Å². The minimum absolute atomic E-state index is 0. The number of morpholine rings is 1. The van der Waals surface area contributed by atoms with Crippen LogP contribution in [-0.4, -0.2) is 75.3 Å². The van der Waals surface area contributed by atoms with Gasteiger partial charge in [-0.2, -0.15) is 0 Å². The van der Waals surface area contributed by atoms with E-state index in [1.54, 1.807) is 6.07 Å². The van der Waals surface area contributed by atoms with Crippen molar-refractivity contribution in [3.05, 3.63) is 34.6 Å². The summed E-state index contributed by atoms with van der Waals surface area (Å²) in [6.07, 6.45) is 1.19. The molecule has 0 radical (unpaired) electrons. The van der Waals surface area contributed by atoms with Crippen molar-refractivity contribution < 1.29 is 9.13 Å². The molecule has 0 bridgehead atoms. The third-order valence-corrected chi connectivity index (χ3v) is 6.08. The van der Waals surface area contributed by atoms with Crippen molar-refractivity contribution in [3.8, 4) is 0 Å². The van der Waals surface area contributed by atoms with E-state index in [4.69, 9.17) is 16.3 Å². The van der Waals surface area contributed by atoms with Crippen molar-refractivity contribution in [2.24, 2.45) is 10.9 Å². The van der Waals surface area contributed by atoms with Crippen molar-refractivity contribution in [2.45, 2.75) is 25.7 Å². The number of guanidine groups is 1. The molecule has 2 aliphatic rings. The highest BCUT2D eigenvalue weighted by atomic mass is 127. The average Bonchev–Trinajstić information content (AvgIpc) is 3.11. The van der Waals surface area contributed by atoms with Crippen molar-refractivity contribution in [1.29, 1.82) is 0 Å². The predicted molar refractivity (Wildman–Crippen MR) is 128 cm³/mol. The fourth-order valence-electron chi connectivity index (χ4n) is 4.09. The first-order valence-electron chi connectivity index (χ1n) is 10.1. The van der Waals surface area contributed by atoms with E-state index in [-0.39, 0.29) is 35.2 Å².